The molecular formula is C10H22O6Si. The van der Waals surface area contributed by atoms with Gasteiger partial charge in [-0.25, -0.2) is 0 Å². The van der Waals surface area contributed by atoms with Crippen LogP contribution < -0.4 is 0 Å². The Morgan fingerprint density at radius 3 is 1.88 bits per heavy atom. The Morgan fingerprint density at radius 2 is 1.53 bits per heavy atom. The van der Waals surface area contributed by atoms with Crippen LogP contribution in [0.25, 0.3) is 0 Å². The summed E-state index contributed by atoms with van der Waals surface area (Å²) in [5, 5.41) is 0. The Kier molecular flexibility index (Phi) is 7.56. The van der Waals surface area contributed by atoms with E-state index in [9.17, 15) is 4.79 Å². The molecule has 0 aliphatic rings. The molecule has 1 atom stereocenters. The van der Waals surface area contributed by atoms with Gasteiger partial charge in [-0.2, -0.15) is 0 Å². The molecule has 0 aromatic rings. The standard InChI is InChI=1S/C10H22O6Si/c1-8(2)7-15-9(3)10(11)16-17(12-4,13-5)14-6/h8-9H,7H2,1-6H3. The number of rotatable bonds is 8. The van der Waals surface area contributed by atoms with Crippen molar-refractivity contribution in [3.63, 3.8) is 0 Å². The lowest BCUT2D eigenvalue weighted by molar-refractivity contribution is -0.155. The molecule has 0 bridgehead atoms. The SMILES string of the molecule is CO[Si](OC)(OC)OC(=O)C(C)OCC(C)C. The summed E-state index contributed by atoms with van der Waals surface area (Å²) in [6, 6.07) is 0. The highest BCUT2D eigenvalue weighted by molar-refractivity contribution is 6.55. The van der Waals surface area contributed by atoms with Gasteiger partial charge in [0.1, 0.15) is 0 Å². The zero-order valence-corrected chi connectivity index (χ0v) is 12.3. The van der Waals surface area contributed by atoms with Crippen LogP contribution in [-0.2, 0) is 27.2 Å². The summed E-state index contributed by atoms with van der Waals surface area (Å²) >= 11 is 0. The Balaban J connectivity index is 4.30. The Bertz CT molecular complexity index is 221. The molecule has 0 radical (unpaired) electrons. The fourth-order valence-corrected chi connectivity index (χ4v) is 2.15. The van der Waals surface area contributed by atoms with Gasteiger partial charge in [-0.15, -0.1) is 0 Å². The van der Waals surface area contributed by atoms with E-state index in [-0.39, 0.29) is 0 Å². The van der Waals surface area contributed by atoms with Crippen LogP contribution in [0.15, 0.2) is 0 Å². The molecule has 0 spiro atoms. The van der Waals surface area contributed by atoms with Crippen molar-refractivity contribution in [2.75, 3.05) is 27.9 Å². The second-order valence-corrected chi connectivity index (χ2v) is 6.33. The summed E-state index contributed by atoms with van der Waals surface area (Å²) < 4.78 is 25.3. The quantitative estimate of drug-likeness (QED) is 0.610. The number of carbonyl (C=O) groups is 1. The Morgan fingerprint density at radius 1 is 1.06 bits per heavy atom. The first-order valence-electron chi connectivity index (χ1n) is 5.40. The van der Waals surface area contributed by atoms with Crippen molar-refractivity contribution < 1.29 is 27.2 Å². The summed E-state index contributed by atoms with van der Waals surface area (Å²) in [6.45, 7) is 6.09. The Hall–Kier alpha value is -0.473. The normalized spacial score (nSPS) is 13.8. The van der Waals surface area contributed by atoms with Crippen molar-refractivity contribution in [2.45, 2.75) is 26.9 Å². The molecule has 6 nitrogen and oxygen atoms in total. The highest BCUT2D eigenvalue weighted by atomic mass is 28.4. The van der Waals surface area contributed by atoms with Crippen LogP contribution >= 0.6 is 0 Å². The van der Waals surface area contributed by atoms with E-state index in [2.05, 4.69) is 0 Å². The molecule has 0 aromatic heterocycles. The van der Waals surface area contributed by atoms with E-state index in [1.54, 1.807) is 6.92 Å². The van der Waals surface area contributed by atoms with E-state index in [4.69, 9.17) is 22.4 Å². The van der Waals surface area contributed by atoms with Gasteiger partial charge in [-0.05, 0) is 12.8 Å². The summed E-state index contributed by atoms with van der Waals surface area (Å²) in [5.74, 6) is -0.206. The van der Waals surface area contributed by atoms with E-state index in [1.165, 1.54) is 21.3 Å². The first kappa shape index (κ1) is 16.5. The smallest absolute Gasteiger partial charge is 0.450 e. The molecule has 0 aliphatic carbocycles. The van der Waals surface area contributed by atoms with Crippen LogP contribution in [0.1, 0.15) is 20.8 Å². The first-order chi connectivity index (χ1) is 7.90. The first-order valence-corrected chi connectivity index (χ1v) is 7.04. The molecule has 7 heteroatoms. The fraction of sp³-hybridized carbons (Fsp3) is 0.900. The third-order valence-corrected chi connectivity index (χ3v) is 3.94. The lowest BCUT2D eigenvalue weighted by Crippen LogP contribution is -2.49. The summed E-state index contributed by atoms with van der Waals surface area (Å²) in [7, 11) is 0.773. The van der Waals surface area contributed by atoms with Crippen LogP contribution in [0.4, 0.5) is 0 Å². The molecule has 0 aliphatic heterocycles. The molecule has 0 fully saturated rings. The second-order valence-electron chi connectivity index (χ2n) is 3.90. The zero-order valence-electron chi connectivity index (χ0n) is 11.3. The minimum atomic E-state index is -3.33. The summed E-state index contributed by atoms with van der Waals surface area (Å²) in [5.41, 5.74) is 0. The van der Waals surface area contributed by atoms with Crippen LogP contribution in [-0.4, -0.2) is 49.1 Å². The topological polar surface area (TPSA) is 63.2 Å². The fourth-order valence-electron chi connectivity index (χ4n) is 0.986. The average Bonchev–Trinajstić information content (AvgIpc) is 2.32. The van der Waals surface area contributed by atoms with Crippen LogP contribution in [0.5, 0.6) is 0 Å². The monoisotopic (exact) mass is 266 g/mol. The predicted octanol–water partition coefficient (Wildman–Crippen LogP) is 0.965. The van der Waals surface area contributed by atoms with E-state index in [0.717, 1.165) is 0 Å². The van der Waals surface area contributed by atoms with Gasteiger partial charge in [0.25, 0.3) is 0 Å². The maximum absolute atomic E-state index is 11.7. The number of ether oxygens (including phenoxy) is 1. The lowest BCUT2D eigenvalue weighted by atomic mass is 10.2. The molecule has 0 saturated carbocycles. The lowest BCUT2D eigenvalue weighted by Gasteiger charge is -2.24. The number of hydrogen-bond acceptors (Lipinski definition) is 6. The van der Waals surface area contributed by atoms with Gasteiger partial charge < -0.3 is 22.4 Å². The van der Waals surface area contributed by atoms with Crippen molar-refractivity contribution in [3.8, 4) is 0 Å². The molecule has 17 heavy (non-hydrogen) atoms. The molecular weight excluding hydrogens is 244 g/mol. The average molecular weight is 266 g/mol. The highest BCUT2D eigenvalue weighted by Crippen LogP contribution is 2.10. The van der Waals surface area contributed by atoms with Gasteiger partial charge in [0.05, 0.1) is 6.61 Å². The van der Waals surface area contributed by atoms with E-state index in [1.807, 2.05) is 13.8 Å². The van der Waals surface area contributed by atoms with Crippen LogP contribution in [0, 0.1) is 5.92 Å². The molecule has 1 unspecified atom stereocenters. The molecule has 0 heterocycles. The van der Waals surface area contributed by atoms with Gasteiger partial charge in [-0.1, -0.05) is 13.8 Å². The maximum Gasteiger partial charge on any atom is 0.750 e. The molecule has 0 saturated heterocycles. The predicted molar refractivity (Wildman–Crippen MR) is 63.1 cm³/mol. The molecule has 102 valence electrons. The largest absolute Gasteiger partial charge is 0.750 e. The van der Waals surface area contributed by atoms with Gasteiger partial charge in [0, 0.05) is 21.3 Å². The van der Waals surface area contributed by atoms with Crippen molar-refractivity contribution >= 4 is 15.0 Å². The number of hydrogen-bond donors (Lipinski definition) is 0. The van der Waals surface area contributed by atoms with Crippen molar-refractivity contribution in [3.05, 3.63) is 0 Å². The maximum atomic E-state index is 11.7. The molecule has 0 rings (SSSR count). The minimum absolute atomic E-state index is 0.347. The Labute approximate surface area is 104 Å². The second kappa shape index (κ2) is 7.78. The van der Waals surface area contributed by atoms with Crippen LogP contribution in [0.3, 0.4) is 0 Å². The highest BCUT2D eigenvalue weighted by Gasteiger charge is 2.47. The molecule has 0 aromatic carbocycles. The van der Waals surface area contributed by atoms with Gasteiger partial charge in [0.2, 0.25) is 0 Å². The van der Waals surface area contributed by atoms with E-state index < -0.39 is 21.1 Å². The van der Waals surface area contributed by atoms with Crippen molar-refractivity contribution in [1.29, 1.82) is 0 Å². The molecule has 0 N–H and O–H groups in total. The van der Waals surface area contributed by atoms with Crippen molar-refractivity contribution in [2.24, 2.45) is 5.92 Å². The van der Waals surface area contributed by atoms with E-state index >= 15 is 0 Å². The zero-order chi connectivity index (χ0) is 13.5. The van der Waals surface area contributed by atoms with E-state index in [0.29, 0.717) is 12.5 Å². The minimum Gasteiger partial charge on any atom is -0.450 e. The molecule has 0 amide bonds. The van der Waals surface area contributed by atoms with Gasteiger partial charge >= 0.3 is 15.0 Å². The van der Waals surface area contributed by atoms with Crippen molar-refractivity contribution in [1.82, 2.24) is 0 Å². The number of carbonyl (C=O) groups excluding carboxylic acids is 1. The summed E-state index contributed by atoms with van der Waals surface area (Å²) in [4.78, 5) is 11.7. The van der Waals surface area contributed by atoms with Crippen LogP contribution in [0.2, 0.25) is 0 Å². The van der Waals surface area contributed by atoms with Gasteiger partial charge in [-0.3, -0.25) is 4.79 Å². The third-order valence-electron chi connectivity index (χ3n) is 1.99. The summed E-state index contributed by atoms with van der Waals surface area (Å²) in [6.07, 6.45) is -0.676. The van der Waals surface area contributed by atoms with Gasteiger partial charge in [0.15, 0.2) is 6.10 Å². The third kappa shape index (κ3) is 5.60.